The van der Waals surface area contributed by atoms with Crippen LogP contribution >= 0.6 is 0 Å². The fourth-order valence-electron chi connectivity index (χ4n) is 2.10. The Bertz CT molecular complexity index is 681. The molecule has 1 aromatic carbocycles. The lowest BCUT2D eigenvalue weighted by molar-refractivity contribution is 0.593. The number of fused-ring (bicyclic) bond motifs is 1. The van der Waals surface area contributed by atoms with E-state index in [0.717, 1.165) is 23.9 Å². The second-order valence-corrected chi connectivity index (χ2v) is 6.74. The van der Waals surface area contributed by atoms with E-state index in [1.807, 2.05) is 12.1 Å². The minimum absolute atomic E-state index is 0.111. The lowest BCUT2D eigenvalue weighted by Crippen LogP contribution is -2.22. The van der Waals surface area contributed by atoms with Crippen molar-refractivity contribution in [3.63, 3.8) is 0 Å². The van der Waals surface area contributed by atoms with Gasteiger partial charge in [0.1, 0.15) is 0 Å². The summed E-state index contributed by atoms with van der Waals surface area (Å²) in [6.45, 7) is 3.72. The molecule has 0 spiro atoms. The zero-order valence-corrected chi connectivity index (χ0v) is 13.0. The van der Waals surface area contributed by atoms with Crippen LogP contribution in [0.5, 0.6) is 0 Å². The van der Waals surface area contributed by atoms with Crippen molar-refractivity contribution in [3.8, 4) is 0 Å². The zero-order valence-electron chi connectivity index (χ0n) is 12.2. The summed E-state index contributed by atoms with van der Waals surface area (Å²) >= 11 is 0. The van der Waals surface area contributed by atoms with Crippen LogP contribution in [0.2, 0.25) is 0 Å². The number of rotatable bonds is 8. The molecule has 0 radical (unpaired) electrons. The standard InChI is InChI=1S/C15H21N3O2S/c1-2-9-16-10-5-12-21(19,20)18-15-8-3-7-14-13(15)6-4-11-17-14/h3-4,6-8,11,16,18H,2,5,9-10,12H2,1H3. The van der Waals surface area contributed by atoms with Gasteiger partial charge in [0, 0.05) is 11.6 Å². The van der Waals surface area contributed by atoms with Crippen molar-refractivity contribution in [2.24, 2.45) is 0 Å². The summed E-state index contributed by atoms with van der Waals surface area (Å²) in [4.78, 5) is 4.22. The minimum atomic E-state index is -3.33. The fourth-order valence-corrected chi connectivity index (χ4v) is 3.24. The SMILES string of the molecule is CCCNCCCS(=O)(=O)Nc1cccc2ncccc12. The van der Waals surface area contributed by atoms with Crippen molar-refractivity contribution >= 4 is 26.6 Å². The van der Waals surface area contributed by atoms with Crippen LogP contribution in [-0.4, -0.2) is 32.2 Å². The number of nitrogens with zero attached hydrogens (tertiary/aromatic N) is 1. The van der Waals surface area contributed by atoms with Gasteiger partial charge in [-0.05, 0) is 50.2 Å². The maximum atomic E-state index is 12.1. The first-order valence-electron chi connectivity index (χ1n) is 7.17. The minimum Gasteiger partial charge on any atom is -0.317 e. The number of hydrogen-bond donors (Lipinski definition) is 2. The molecule has 0 aliphatic heterocycles. The van der Waals surface area contributed by atoms with Crippen LogP contribution in [0.15, 0.2) is 36.5 Å². The van der Waals surface area contributed by atoms with Crippen LogP contribution < -0.4 is 10.0 Å². The van der Waals surface area contributed by atoms with Gasteiger partial charge in [-0.25, -0.2) is 8.42 Å². The molecule has 0 bridgehead atoms. The van der Waals surface area contributed by atoms with Crippen molar-refractivity contribution in [2.75, 3.05) is 23.6 Å². The number of hydrogen-bond acceptors (Lipinski definition) is 4. The molecule has 0 atom stereocenters. The maximum absolute atomic E-state index is 12.1. The van der Waals surface area contributed by atoms with E-state index >= 15 is 0 Å². The molecule has 0 saturated carbocycles. The van der Waals surface area contributed by atoms with Crippen LogP contribution in [-0.2, 0) is 10.0 Å². The molecule has 0 aliphatic rings. The van der Waals surface area contributed by atoms with E-state index in [1.165, 1.54) is 0 Å². The van der Waals surface area contributed by atoms with E-state index in [9.17, 15) is 8.42 Å². The van der Waals surface area contributed by atoms with Crippen LogP contribution in [0.4, 0.5) is 5.69 Å². The molecule has 0 fully saturated rings. The Hall–Kier alpha value is -1.66. The van der Waals surface area contributed by atoms with Crippen LogP contribution in [0.3, 0.4) is 0 Å². The number of aromatic nitrogens is 1. The Balaban J connectivity index is 2.02. The third-order valence-electron chi connectivity index (χ3n) is 3.10. The Kier molecular flexibility index (Phi) is 5.52. The molecule has 21 heavy (non-hydrogen) atoms. The molecule has 0 unspecified atom stereocenters. The normalized spacial score (nSPS) is 11.7. The second-order valence-electron chi connectivity index (χ2n) is 4.90. The quantitative estimate of drug-likeness (QED) is 0.735. The van der Waals surface area contributed by atoms with Crippen molar-refractivity contribution in [3.05, 3.63) is 36.5 Å². The van der Waals surface area contributed by atoms with Gasteiger partial charge < -0.3 is 5.32 Å². The molecule has 2 N–H and O–H groups in total. The van der Waals surface area contributed by atoms with Gasteiger partial charge in [0.2, 0.25) is 10.0 Å². The molecule has 1 aromatic heterocycles. The summed E-state index contributed by atoms with van der Waals surface area (Å²) in [5, 5.41) is 4.01. The molecule has 114 valence electrons. The second kappa shape index (κ2) is 7.38. The van der Waals surface area contributed by atoms with Gasteiger partial charge in [0.15, 0.2) is 0 Å². The first kappa shape index (κ1) is 15.7. The van der Waals surface area contributed by atoms with Gasteiger partial charge >= 0.3 is 0 Å². The van der Waals surface area contributed by atoms with Gasteiger partial charge in [-0.1, -0.05) is 13.0 Å². The predicted octanol–water partition coefficient (Wildman–Crippen LogP) is 2.37. The number of benzene rings is 1. The molecule has 0 saturated heterocycles. The molecule has 0 amide bonds. The van der Waals surface area contributed by atoms with Crippen molar-refractivity contribution in [1.82, 2.24) is 10.3 Å². The Morgan fingerprint density at radius 2 is 2.00 bits per heavy atom. The summed E-state index contributed by atoms with van der Waals surface area (Å²) in [7, 11) is -3.33. The third kappa shape index (κ3) is 4.68. The van der Waals surface area contributed by atoms with Crippen LogP contribution in [0.25, 0.3) is 10.9 Å². The average molecular weight is 307 g/mol. The van der Waals surface area contributed by atoms with Crippen molar-refractivity contribution < 1.29 is 8.42 Å². The highest BCUT2D eigenvalue weighted by Crippen LogP contribution is 2.22. The topological polar surface area (TPSA) is 71.1 Å². The molecule has 2 rings (SSSR count). The van der Waals surface area contributed by atoms with Crippen molar-refractivity contribution in [1.29, 1.82) is 0 Å². The number of sulfonamides is 1. The molecular formula is C15H21N3O2S. The summed E-state index contributed by atoms with van der Waals surface area (Å²) in [5.74, 6) is 0.111. The van der Waals surface area contributed by atoms with E-state index in [4.69, 9.17) is 0 Å². The van der Waals surface area contributed by atoms with Crippen LogP contribution in [0.1, 0.15) is 19.8 Å². The first-order valence-corrected chi connectivity index (χ1v) is 8.82. The monoisotopic (exact) mass is 307 g/mol. The Labute approximate surface area is 125 Å². The highest BCUT2D eigenvalue weighted by atomic mass is 32.2. The summed E-state index contributed by atoms with van der Waals surface area (Å²) < 4.78 is 26.9. The van der Waals surface area contributed by atoms with E-state index in [0.29, 0.717) is 18.7 Å². The van der Waals surface area contributed by atoms with E-state index in [2.05, 4.69) is 21.9 Å². The van der Waals surface area contributed by atoms with E-state index in [-0.39, 0.29) is 5.75 Å². The molecule has 6 heteroatoms. The van der Waals surface area contributed by atoms with Gasteiger partial charge in [-0.3, -0.25) is 9.71 Å². The molecule has 1 heterocycles. The highest BCUT2D eigenvalue weighted by Gasteiger charge is 2.11. The summed E-state index contributed by atoms with van der Waals surface area (Å²) in [5.41, 5.74) is 1.37. The molecule has 0 aliphatic carbocycles. The maximum Gasteiger partial charge on any atom is 0.232 e. The van der Waals surface area contributed by atoms with Crippen molar-refractivity contribution in [2.45, 2.75) is 19.8 Å². The van der Waals surface area contributed by atoms with E-state index < -0.39 is 10.0 Å². The number of nitrogens with one attached hydrogen (secondary N) is 2. The highest BCUT2D eigenvalue weighted by molar-refractivity contribution is 7.92. The first-order chi connectivity index (χ1) is 10.1. The Morgan fingerprint density at radius 1 is 1.14 bits per heavy atom. The lowest BCUT2D eigenvalue weighted by Gasteiger charge is -2.10. The van der Waals surface area contributed by atoms with Gasteiger partial charge in [0.05, 0.1) is 17.0 Å². The summed E-state index contributed by atoms with van der Waals surface area (Å²) in [6, 6.07) is 9.09. The van der Waals surface area contributed by atoms with Gasteiger partial charge in [-0.2, -0.15) is 0 Å². The predicted molar refractivity (Wildman–Crippen MR) is 86.9 cm³/mol. The molecule has 2 aromatic rings. The average Bonchev–Trinajstić information content (AvgIpc) is 2.47. The van der Waals surface area contributed by atoms with Gasteiger partial charge in [-0.15, -0.1) is 0 Å². The fraction of sp³-hybridized carbons (Fsp3) is 0.400. The number of anilines is 1. The summed E-state index contributed by atoms with van der Waals surface area (Å²) in [6.07, 6.45) is 3.34. The lowest BCUT2D eigenvalue weighted by atomic mass is 10.2. The zero-order chi connectivity index (χ0) is 15.1. The van der Waals surface area contributed by atoms with Gasteiger partial charge in [0.25, 0.3) is 0 Å². The molecular weight excluding hydrogens is 286 g/mol. The smallest absolute Gasteiger partial charge is 0.232 e. The van der Waals surface area contributed by atoms with Crippen LogP contribution in [0, 0.1) is 0 Å². The number of pyridine rings is 1. The Morgan fingerprint density at radius 3 is 2.81 bits per heavy atom. The largest absolute Gasteiger partial charge is 0.317 e. The third-order valence-corrected chi connectivity index (χ3v) is 4.46. The van der Waals surface area contributed by atoms with E-state index in [1.54, 1.807) is 24.4 Å². The molecule has 5 nitrogen and oxygen atoms in total.